The van der Waals surface area contributed by atoms with Gasteiger partial charge in [0.1, 0.15) is 5.54 Å². The van der Waals surface area contributed by atoms with Crippen molar-refractivity contribution in [1.29, 1.82) is 0 Å². The van der Waals surface area contributed by atoms with Gasteiger partial charge in [-0.3, -0.25) is 9.69 Å². The second-order valence-corrected chi connectivity index (χ2v) is 8.38. The number of carbonyl (C=O) groups excluding carboxylic acids is 3. The predicted octanol–water partition coefficient (Wildman–Crippen LogP) is 3.33. The summed E-state index contributed by atoms with van der Waals surface area (Å²) in [5.41, 5.74) is 1.83. The van der Waals surface area contributed by atoms with E-state index < -0.39 is 23.6 Å². The Balaban J connectivity index is 1.71. The minimum absolute atomic E-state index is 0.0370. The van der Waals surface area contributed by atoms with E-state index >= 15 is 0 Å². The first-order chi connectivity index (χ1) is 16.7. The van der Waals surface area contributed by atoms with Crippen LogP contribution in [-0.4, -0.2) is 55.7 Å². The normalized spacial score (nSPS) is 20.4. The molecule has 0 bridgehead atoms. The number of nitrogens with one attached hydrogen (secondary N) is 1. The molecule has 10 heteroatoms. The van der Waals surface area contributed by atoms with Crippen LogP contribution in [0.25, 0.3) is 0 Å². The van der Waals surface area contributed by atoms with Crippen molar-refractivity contribution in [1.82, 2.24) is 10.2 Å². The first kappa shape index (κ1) is 24.3. The van der Waals surface area contributed by atoms with Crippen LogP contribution in [-0.2, 0) is 32.7 Å². The van der Waals surface area contributed by atoms with Crippen molar-refractivity contribution in [3.05, 3.63) is 77.4 Å². The molecule has 2 aromatic carbocycles. The zero-order chi connectivity index (χ0) is 25.2. The highest BCUT2D eigenvalue weighted by Crippen LogP contribution is 2.39. The molecule has 1 unspecified atom stereocenters. The van der Waals surface area contributed by atoms with Gasteiger partial charge in [0, 0.05) is 24.9 Å². The van der Waals surface area contributed by atoms with E-state index in [1.165, 1.54) is 18.1 Å². The highest BCUT2D eigenvalue weighted by Gasteiger charge is 2.46. The highest BCUT2D eigenvalue weighted by atomic mass is 19.4. The molecule has 3 amide bonds. The Bertz CT molecular complexity index is 1170. The lowest BCUT2D eigenvalue weighted by atomic mass is 9.87. The summed E-state index contributed by atoms with van der Waals surface area (Å²) < 4.78 is 43.5. The smallest absolute Gasteiger partial charge is 0.466 e. The standard InChI is InChI=1S/C25H24F3N3O4/c1-35-21(32)9-12-24(19-5-3-2-4-6-19)16-29-23(34)31(24)20-8-7-17-10-13-30(14-11-18(17)15-20)22(33)25(26,27)28/h2-9,12,15H,10-11,13-14,16H2,1H3,(H,29,34)/b12-9+. The van der Waals surface area contributed by atoms with Gasteiger partial charge >= 0.3 is 24.1 Å². The van der Waals surface area contributed by atoms with E-state index in [0.717, 1.165) is 21.6 Å². The number of esters is 1. The molecule has 1 fully saturated rings. The molecule has 2 heterocycles. The molecule has 4 rings (SSSR count). The molecule has 1 saturated heterocycles. The maximum atomic E-state index is 13.1. The molecule has 0 spiro atoms. The molecule has 184 valence electrons. The minimum Gasteiger partial charge on any atom is -0.466 e. The Kier molecular flexibility index (Phi) is 6.56. The van der Waals surface area contributed by atoms with Crippen molar-refractivity contribution in [2.45, 2.75) is 24.6 Å². The number of ether oxygens (including phenoxy) is 1. The first-order valence-electron chi connectivity index (χ1n) is 11.0. The molecule has 7 nitrogen and oxygen atoms in total. The fourth-order valence-electron chi connectivity index (χ4n) is 4.59. The molecule has 0 radical (unpaired) electrons. The second-order valence-electron chi connectivity index (χ2n) is 8.38. The van der Waals surface area contributed by atoms with Gasteiger partial charge < -0.3 is 15.0 Å². The Morgan fingerprint density at radius 3 is 2.40 bits per heavy atom. The summed E-state index contributed by atoms with van der Waals surface area (Å²) in [7, 11) is 1.26. The number of benzene rings is 2. The van der Waals surface area contributed by atoms with E-state index in [1.54, 1.807) is 24.3 Å². The van der Waals surface area contributed by atoms with Crippen molar-refractivity contribution in [3.8, 4) is 0 Å². The van der Waals surface area contributed by atoms with Crippen molar-refractivity contribution in [2.24, 2.45) is 0 Å². The molecule has 2 aromatic rings. The van der Waals surface area contributed by atoms with Gasteiger partial charge in [-0.1, -0.05) is 36.4 Å². The van der Waals surface area contributed by atoms with E-state index in [-0.39, 0.29) is 38.5 Å². The third kappa shape index (κ3) is 4.73. The molecule has 2 aliphatic rings. The van der Waals surface area contributed by atoms with Crippen molar-refractivity contribution >= 4 is 23.6 Å². The van der Waals surface area contributed by atoms with Gasteiger partial charge in [0.15, 0.2) is 0 Å². The van der Waals surface area contributed by atoms with Gasteiger partial charge in [-0.25, -0.2) is 9.59 Å². The predicted molar refractivity (Wildman–Crippen MR) is 122 cm³/mol. The van der Waals surface area contributed by atoms with Crippen molar-refractivity contribution in [2.75, 3.05) is 31.6 Å². The lowest BCUT2D eigenvalue weighted by Gasteiger charge is -2.35. The Hall–Kier alpha value is -3.82. The Labute approximate surface area is 200 Å². The maximum absolute atomic E-state index is 13.1. The zero-order valence-corrected chi connectivity index (χ0v) is 19.0. The van der Waals surface area contributed by atoms with Crippen LogP contribution >= 0.6 is 0 Å². The van der Waals surface area contributed by atoms with Crippen LogP contribution < -0.4 is 10.2 Å². The first-order valence-corrected chi connectivity index (χ1v) is 11.0. The molecule has 35 heavy (non-hydrogen) atoms. The number of urea groups is 1. The van der Waals surface area contributed by atoms with Crippen molar-refractivity contribution in [3.63, 3.8) is 0 Å². The monoisotopic (exact) mass is 487 g/mol. The van der Waals surface area contributed by atoms with Gasteiger partial charge in [-0.05, 0) is 47.7 Å². The summed E-state index contributed by atoms with van der Waals surface area (Å²) >= 11 is 0. The van der Waals surface area contributed by atoms with Crippen LogP contribution in [0.2, 0.25) is 0 Å². The molecule has 0 saturated carbocycles. The lowest BCUT2D eigenvalue weighted by Crippen LogP contribution is -2.43. The van der Waals surface area contributed by atoms with Gasteiger partial charge in [0.05, 0.1) is 13.7 Å². The average Bonchev–Trinajstić information content (AvgIpc) is 3.05. The molecule has 1 N–H and O–H groups in total. The van der Waals surface area contributed by atoms with Crippen LogP contribution in [0.1, 0.15) is 16.7 Å². The number of halogens is 3. The van der Waals surface area contributed by atoms with Gasteiger partial charge in [0.25, 0.3) is 0 Å². The Morgan fingerprint density at radius 1 is 1.06 bits per heavy atom. The number of rotatable bonds is 4. The van der Waals surface area contributed by atoms with E-state index in [2.05, 4.69) is 5.32 Å². The van der Waals surface area contributed by atoms with Gasteiger partial charge in [-0.2, -0.15) is 13.2 Å². The summed E-state index contributed by atoms with van der Waals surface area (Å²) in [4.78, 5) is 39.0. The number of methoxy groups -OCH3 is 1. The fraction of sp³-hybridized carbons (Fsp3) is 0.320. The average molecular weight is 487 g/mol. The molecule has 0 aromatic heterocycles. The number of carbonyl (C=O) groups is 3. The third-order valence-electron chi connectivity index (χ3n) is 6.36. The third-order valence-corrected chi connectivity index (χ3v) is 6.36. The molecule has 1 atom stereocenters. The number of alkyl halides is 3. The van der Waals surface area contributed by atoms with Gasteiger partial charge in [0.2, 0.25) is 0 Å². The molecule has 2 aliphatic heterocycles. The minimum atomic E-state index is -4.92. The lowest BCUT2D eigenvalue weighted by molar-refractivity contribution is -0.185. The number of anilines is 1. The van der Waals surface area contributed by atoms with Crippen LogP contribution in [0, 0.1) is 0 Å². The topological polar surface area (TPSA) is 79.0 Å². The summed E-state index contributed by atoms with van der Waals surface area (Å²) in [6.45, 7) is 0.0755. The number of nitrogens with zero attached hydrogens (tertiary/aromatic N) is 2. The quantitative estimate of drug-likeness (QED) is 0.530. The Morgan fingerprint density at radius 2 is 1.74 bits per heavy atom. The van der Waals surface area contributed by atoms with E-state index in [1.807, 2.05) is 30.3 Å². The fourth-order valence-corrected chi connectivity index (χ4v) is 4.59. The van der Waals surface area contributed by atoms with Crippen LogP contribution in [0.4, 0.5) is 23.7 Å². The largest absolute Gasteiger partial charge is 0.471 e. The summed E-state index contributed by atoms with van der Waals surface area (Å²) in [5, 5.41) is 2.84. The summed E-state index contributed by atoms with van der Waals surface area (Å²) in [6.07, 6.45) is -1.55. The number of amides is 3. The maximum Gasteiger partial charge on any atom is 0.471 e. The summed E-state index contributed by atoms with van der Waals surface area (Å²) in [6, 6.07) is 14.1. The number of hydrogen-bond acceptors (Lipinski definition) is 4. The van der Waals surface area contributed by atoms with Gasteiger partial charge in [-0.15, -0.1) is 0 Å². The SMILES string of the molecule is COC(=O)/C=C/C1(c2ccccc2)CNC(=O)N1c1ccc2c(c1)CCN(C(=O)C(F)(F)F)CC2. The highest BCUT2D eigenvalue weighted by molar-refractivity contribution is 5.98. The summed E-state index contributed by atoms with van der Waals surface area (Å²) in [5.74, 6) is -2.42. The number of hydrogen-bond donors (Lipinski definition) is 1. The molecular weight excluding hydrogens is 463 g/mol. The molecular formula is C25H24F3N3O4. The van der Waals surface area contributed by atoms with Crippen LogP contribution in [0.3, 0.4) is 0 Å². The van der Waals surface area contributed by atoms with Crippen molar-refractivity contribution < 1.29 is 32.3 Å². The van der Waals surface area contributed by atoms with E-state index in [9.17, 15) is 27.6 Å². The van der Waals surface area contributed by atoms with E-state index in [0.29, 0.717) is 5.69 Å². The van der Waals surface area contributed by atoms with Crippen LogP contribution in [0.5, 0.6) is 0 Å². The van der Waals surface area contributed by atoms with Crippen LogP contribution in [0.15, 0.2) is 60.7 Å². The molecule has 0 aliphatic carbocycles. The zero-order valence-electron chi connectivity index (χ0n) is 19.0. The van der Waals surface area contributed by atoms with E-state index in [4.69, 9.17) is 4.74 Å². The number of fused-ring (bicyclic) bond motifs is 1. The second kappa shape index (κ2) is 9.44.